The monoisotopic (exact) mass is 238 g/mol. The molecule has 2 nitrogen and oxygen atoms in total. The number of aryl methyl sites for hydroxylation is 1. The molecule has 1 N–H and O–H groups in total. The van der Waals surface area contributed by atoms with E-state index in [0.717, 1.165) is 12.2 Å². The molecule has 0 radical (unpaired) electrons. The molecule has 0 fully saturated rings. The van der Waals surface area contributed by atoms with Gasteiger partial charge in [-0.15, -0.1) is 22.7 Å². The fourth-order valence-corrected chi connectivity index (χ4v) is 3.02. The molecule has 0 saturated carbocycles. The molecule has 0 spiro atoms. The highest BCUT2D eigenvalue weighted by molar-refractivity contribution is 7.10. The van der Waals surface area contributed by atoms with Crippen LogP contribution in [0.5, 0.6) is 0 Å². The molecule has 2 aromatic rings. The Morgan fingerprint density at radius 2 is 2.40 bits per heavy atom. The van der Waals surface area contributed by atoms with Gasteiger partial charge in [-0.05, 0) is 30.9 Å². The zero-order valence-corrected chi connectivity index (χ0v) is 10.5. The van der Waals surface area contributed by atoms with Crippen molar-refractivity contribution in [2.75, 3.05) is 0 Å². The molecule has 0 saturated heterocycles. The van der Waals surface area contributed by atoms with Crippen LogP contribution in [-0.2, 0) is 6.54 Å². The summed E-state index contributed by atoms with van der Waals surface area (Å²) < 4.78 is 0. The lowest BCUT2D eigenvalue weighted by Crippen LogP contribution is -2.17. The van der Waals surface area contributed by atoms with Gasteiger partial charge in [0, 0.05) is 22.8 Å². The van der Waals surface area contributed by atoms with Crippen molar-refractivity contribution < 1.29 is 0 Å². The van der Waals surface area contributed by atoms with Crippen LogP contribution in [0.4, 0.5) is 0 Å². The number of hydrogen-bond acceptors (Lipinski definition) is 4. The molecule has 1 unspecified atom stereocenters. The third kappa shape index (κ3) is 2.65. The summed E-state index contributed by atoms with van der Waals surface area (Å²) in [4.78, 5) is 5.67. The van der Waals surface area contributed by atoms with Gasteiger partial charge in [0.1, 0.15) is 0 Å². The number of rotatable bonds is 4. The summed E-state index contributed by atoms with van der Waals surface area (Å²) in [6.07, 6.45) is 0. The molecule has 80 valence electrons. The molecule has 0 bridgehead atoms. The van der Waals surface area contributed by atoms with Crippen molar-refractivity contribution in [3.05, 3.63) is 38.5 Å². The minimum Gasteiger partial charge on any atom is -0.304 e. The van der Waals surface area contributed by atoms with Crippen molar-refractivity contribution in [2.24, 2.45) is 0 Å². The van der Waals surface area contributed by atoms with Crippen LogP contribution in [0.1, 0.15) is 29.1 Å². The van der Waals surface area contributed by atoms with E-state index in [2.05, 4.69) is 41.0 Å². The highest BCUT2D eigenvalue weighted by atomic mass is 32.1. The molecule has 4 heteroatoms. The minimum absolute atomic E-state index is 0.409. The van der Waals surface area contributed by atoms with Gasteiger partial charge in [-0.2, -0.15) is 0 Å². The van der Waals surface area contributed by atoms with E-state index in [-0.39, 0.29) is 0 Å². The van der Waals surface area contributed by atoms with Crippen LogP contribution in [0.2, 0.25) is 0 Å². The lowest BCUT2D eigenvalue weighted by molar-refractivity contribution is 0.575. The maximum atomic E-state index is 4.25. The van der Waals surface area contributed by atoms with E-state index < -0.39 is 0 Å². The Bertz CT molecular complexity index is 406. The minimum atomic E-state index is 0.409. The Morgan fingerprint density at radius 3 is 3.00 bits per heavy atom. The second-order valence-corrected chi connectivity index (χ2v) is 5.22. The maximum absolute atomic E-state index is 4.25. The Balaban J connectivity index is 1.93. The molecule has 0 aliphatic rings. The van der Waals surface area contributed by atoms with Gasteiger partial charge in [0.25, 0.3) is 0 Å². The van der Waals surface area contributed by atoms with Crippen molar-refractivity contribution in [3.8, 4) is 0 Å². The Kier molecular flexibility index (Phi) is 3.51. The van der Waals surface area contributed by atoms with E-state index in [4.69, 9.17) is 0 Å². The Morgan fingerprint density at radius 1 is 1.53 bits per heavy atom. The zero-order valence-electron chi connectivity index (χ0n) is 8.86. The predicted molar refractivity (Wildman–Crippen MR) is 66.4 cm³/mol. The van der Waals surface area contributed by atoms with Crippen molar-refractivity contribution in [1.29, 1.82) is 0 Å². The summed E-state index contributed by atoms with van der Waals surface area (Å²) in [7, 11) is 0. The van der Waals surface area contributed by atoms with Gasteiger partial charge in [-0.25, -0.2) is 4.98 Å². The average Bonchev–Trinajstić information content (AvgIpc) is 2.84. The van der Waals surface area contributed by atoms with Gasteiger partial charge >= 0.3 is 0 Å². The molecule has 0 aliphatic carbocycles. The number of nitrogens with one attached hydrogen (secondary N) is 1. The molecule has 2 heterocycles. The van der Waals surface area contributed by atoms with Crippen LogP contribution >= 0.6 is 22.7 Å². The van der Waals surface area contributed by atoms with Gasteiger partial charge in [0.05, 0.1) is 11.2 Å². The topological polar surface area (TPSA) is 24.9 Å². The second kappa shape index (κ2) is 4.88. The molecular formula is C11H14N2S2. The van der Waals surface area contributed by atoms with Crippen molar-refractivity contribution in [3.63, 3.8) is 0 Å². The molecule has 2 rings (SSSR count). The van der Waals surface area contributed by atoms with Crippen LogP contribution in [0.25, 0.3) is 0 Å². The molecule has 0 aromatic carbocycles. The molecule has 15 heavy (non-hydrogen) atoms. The maximum Gasteiger partial charge on any atom is 0.0795 e. The van der Waals surface area contributed by atoms with Gasteiger partial charge in [0.15, 0.2) is 0 Å². The van der Waals surface area contributed by atoms with Gasteiger partial charge in [-0.3, -0.25) is 0 Å². The molecule has 1 atom stereocenters. The lowest BCUT2D eigenvalue weighted by atomic mass is 10.2. The number of thiophene rings is 1. The van der Waals surface area contributed by atoms with E-state index in [9.17, 15) is 0 Å². The van der Waals surface area contributed by atoms with E-state index in [1.807, 2.05) is 16.8 Å². The van der Waals surface area contributed by atoms with Crippen molar-refractivity contribution in [1.82, 2.24) is 10.3 Å². The highest BCUT2D eigenvalue weighted by Gasteiger charge is 2.09. The van der Waals surface area contributed by atoms with E-state index in [1.165, 1.54) is 10.4 Å². The fourth-order valence-electron chi connectivity index (χ4n) is 1.50. The first-order valence-corrected chi connectivity index (χ1v) is 6.74. The SMILES string of the molecule is Cc1ccsc1C(C)NCc1cscn1. The van der Waals surface area contributed by atoms with E-state index in [1.54, 1.807) is 11.3 Å². The Labute approximate surface area is 98.0 Å². The van der Waals surface area contributed by atoms with Crippen LogP contribution < -0.4 is 5.32 Å². The summed E-state index contributed by atoms with van der Waals surface area (Å²) in [5.74, 6) is 0. The Hall–Kier alpha value is -0.710. The smallest absolute Gasteiger partial charge is 0.0795 e. The van der Waals surface area contributed by atoms with Crippen LogP contribution in [0, 0.1) is 6.92 Å². The zero-order chi connectivity index (χ0) is 10.7. The number of hydrogen-bond donors (Lipinski definition) is 1. The number of aromatic nitrogens is 1. The van der Waals surface area contributed by atoms with E-state index >= 15 is 0 Å². The first-order chi connectivity index (χ1) is 7.27. The first kappa shape index (κ1) is 10.8. The van der Waals surface area contributed by atoms with Crippen molar-refractivity contribution >= 4 is 22.7 Å². The molecule has 2 aromatic heterocycles. The lowest BCUT2D eigenvalue weighted by Gasteiger charge is -2.12. The quantitative estimate of drug-likeness (QED) is 0.883. The summed E-state index contributed by atoms with van der Waals surface area (Å²) in [6.45, 7) is 5.21. The third-order valence-corrected chi connectivity index (χ3v) is 4.20. The highest BCUT2D eigenvalue weighted by Crippen LogP contribution is 2.23. The standard InChI is InChI=1S/C11H14N2S2/c1-8-3-4-15-11(8)9(2)12-5-10-6-14-7-13-10/h3-4,6-7,9,12H,5H2,1-2H3. The fraction of sp³-hybridized carbons (Fsp3) is 0.364. The summed E-state index contributed by atoms with van der Waals surface area (Å²) in [6, 6.07) is 2.58. The van der Waals surface area contributed by atoms with Gasteiger partial charge in [-0.1, -0.05) is 0 Å². The third-order valence-electron chi connectivity index (χ3n) is 2.37. The van der Waals surface area contributed by atoms with Crippen LogP contribution in [-0.4, -0.2) is 4.98 Å². The summed E-state index contributed by atoms with van der Waals surface area (Å²) in [5.41, 5.74) is 4.37. The van der Waals surface area contributed by atoms with Crippen LogP contribution in [0.3, 0.4) is 0 Å². The summed E-state index contributed by atoms with van der Waals surface area (Å²) >= 11 is 3.46. The average molecular weight is 238 g/mol. The molecule has 0 aliphatic heterocycles. The van der Waals surface area contributed by atoms with Gasteiger partial charge < -0.3 is 5.32 Å². The second-order valence-electron chi connectivity index (χ2n) is 3.55. The number of nitrogens with zero attached hydrogens (tertiary/aromatic N) is 1. The molecular weight excluding hydrogens is 224 g/mol. The van der Waals surface area contributed by atoms with Crippen molar-refractivity contribution in [2.45, 2.75) is 26.4 Å². The molecule has 0 amide bonds. The normalized spacial score (nSPS) is 12.9. The number of thiazole rings is 1. The van der Waals surface area contributed by atoms with E-state index in [0.29, 0.717) is 6.04 Å². The first-order valence-electron chi connectivity index (χ1n) is 4.92. The van der Waals surface area contributed by atoms with Gasteiger partial charge in [0.2, 0.25) is 0 Å². The van der Waals surface area contributed by atoms with Crippen LogP contribution in [0.15, 0.2) is 22.3 Å². The predicted octanol–water partition coefficient (Wildman–Crippen LogP) is 3.36. The summed E-state index contributed by atoms with van der Waals surface area (Å²) in [5, 5.41) is 7.71. The largest absolute Gasteiger partial charge is 0.304 e.